The summed E-state index contributed by atoms with van der Waals surface area (Å²) in [4.78, 5) is 37.4. The molecule has 1 saturated heterocycles. The Morgan fingerprint density at radius 2 is 1.64 bits per heavy atom. The molecule has 2 aliphatic heterocycles. The van der Waals surface area contributed by atoms with Gasteiger partial charge in [-0.05, 0) is 93.3 Å². The summed E-state index contributed by atoms with van der Waals surface area (Å²) >= 11 is 0. The first kappa shape index (κ1) is 28.6. The van der Waals surface area contributed by atoms with Crippen LogP contribution in [0.1, 0.15) is 78.4 Å². The zero-order chi connectivity index (χ0) is 27.8. The molecule has 0 radical (unpaired) electrons. The molecule has 5 rings (SSSR count). The molecule has 0 aromatic heterocycles. The second-order valence-electron chi connectivity index (χ2n) is 10.8. The van der Waals surface area contributed by atoms with Crippen LogP contribution >= 0.6 is 0 Å². The predicted octanol–water partition coefficient (Wildman–Crippen LogP) is 5.53. The van der Waals surface area contributed by atoms with Crippen LogP contribution < -0.4 is 4.90 Å². The molecule has 2 heterocycles. The Morgan fingerprint density at radius 3 is 2.28 bits per heavy atom. The van der Waals surface area contributed by atoms with Crippen LogP contribution in [-0.2, 0) is 22.6 Å². The fraction of sp³-hybridized carbons (Fsp3) is 0.469. The highest BCUT2D eigenvalue weighted by Gasteiger charge is 2.34. The number of likely N-dealkylation sites (N-methyl/N-ethyl adjacent to an activating group) is 1. The van der Waals surface area contributed by atoms with Gasteiger partial charge in [-0.15, -0.1) is 0 Å². The number of piperidine rings is 1. The van der Waals surface area contributed by atoms with Crippen molar-refractivity contribution in [1.29, 1.82) is 0 Å². The second-order valence-corrected chi connectivity index (χ2v) is 10.8. The van der Waals surface area contributed by atoms with E-state index in [9.17, 15) is 14.4 Å². The maximum absolute atomic E-state index is 13.2. The molecule has 0 spiro atoms. The van der Waals surface area contributed by atoms with E-state index in [-0.39, 0.29) is 0 Å². The van der Waals surface area contributed by atoms with Crippen molar-refractivity contribution in [3.8, 4) is 0 Å². The van der Waals surface area contributed by atoms with Crippen LogP contribution in [0.4, 0.5) is 5.69 Å². The molecule has 1 aliphatic carbocycles. The molecule has 0 saturated carbocycles. The lowest BCUT2D eigenvalue weighted by Gasteiger charge is -2.32. The van der Waals surface area contributed by atoms with Crippen molar-refractivity contribution in [2.75, 3.05) is 31.1 Å². The standard InChI is InChI=1S/C28H36N2O.C4H4O4/c1-2-30-20-23-9-6-10-25-24(12-13-26(30)28(23)25)27(31)14-11-21-15-17-29(18-16-21)19-22-7-4-3-5-8-22;5-3(6)1-2-4(7)8/h3-5,7-8,12-13,21,23H,2,6,9-11,14-20H2,1H3;1-2H,(H,5,6)(H,7,8). The number of Topliss-reactive ketones (excluding diaryl/α,β-unsaturated/α-hetero) is 1. The molecular formula is C32H40N2O5. The van der Waals surface area contributed by atoms with E-state index >= 15 is 0 Å². The van der Waals surface area contributed by atoms with Gasteiger partial charge in [-0.25, -0.2) is 9.59 Å². The van der Waals surface area contributed by atoms with E-state index in [0.29, 0.717) is 29.8 Å². The van der Waals surface area contributed by atoms with Gasteiger partial charge in [0.2, 0.25) is 0 Å². The lowest BCUT2D eigenvalue weighted by molar-refractivity contribution is -0.134. The number of carboxylic acids is 2. The van der Waals surface area contributed by atoms with Crippen LogP contribution in [0.15, 0.2) is 54.6 Å². The molecule has 2 aromatic carbocycles. The van der Waals surface area contributed by atoms with Gasteiger partial charge < -0.3 is 15.1 Å². The highest BCUT2D eigenvalue weighted by molar-refractivity contribution is 5.99. The molecule has 1 unspecified atom stereocenters. The number of carbonyl (C=O) groups excluding carboxylic acids is 1. The third-order valence-corrected chi connectivity index (χ3v) is 8.29. The molecule has 1 atom stereocenters. The summed E-state index contributed by atoms with van der Waals surface area (Å²) in [6.07, 6.45) is 8.96. The van der Waals surface area contributed by atoms with E-state index in [1.54, 1.807) is 0 Å². The molecule has 7 nitrogen and oxygen atoms in total. The average Bonchev–Trinajstić information content (AvgIpc) is 3.32. The van der Waals surface area contributed by atoms with Gasteiger partial charge in [-0.3, -0.25) is 9.69 Å². The van der Waals surface area contributed by atoms with Crippen molar-refractivity contribution < 1.29 is 24.6 Å². The summed E-state index contributed by atoms with van der Waals surface area (Å²) in [5.41, 5.74) is 6.77. The van der Waals surface area contributed by atoms with Crippen molar-refractivity contribution in [2.24, 2.45) is 5.92 Å². The Hall–Kier alpha value is -3.45. The number of hydrogen-bond donors (Lipinski definition) is 2. The summed E-state index contributed by atoms with van der Waals surface area (Å²) < 4.78 is 0. The Bertz CT molecular complexity index is 1170. The van der Waals surface area contributed by atoms with Crippen LogP contribution in [0.2, 0.25) is 0 Å². The van der Waals surface area contributed by atoms with Gasteiger partial charge >= 0.3 is 11.9 Å². The third-order valence-electron chi connectivity index (χ3n) is 8.29. The average molecular weight is 533 g/mol. The molecule has 0 bridgehead atoms. The summed E-state index contributed by atoms with van der Waals surface area (Å²) in [5, 5.41) is 15.6. The lowest BCUT2D eigenvalue weighted by atomic mass is 9.80. The zero-order valence-corrected chi connectivity index (χ0v) is 22.8. The normalized spacial score (nSPS) is 18.9. The third kappa shape index (κ3) is 7.57. The number of likely N-dealkylation sites (tertiary alicyclic amines) is 1. The van der Waals surface area contributed by atoms with Crippen LogP contribution in [0.5, 0.6) is 0 Å². The van der Waals surface area contributed by atoms with Crippen molar-refractivity contribution >= 4 is 23.4 Å². The number of aliphatic carboxylic acids is 2. The Morgan fingerprint density at radius 1 is 0.949 bits per heavy atom. The van der Waals surface area contributed by atoms with Gasteiger partial charge in [0.1, 0.15) is 0 Å². The Kier molecular flexibility index (Phi) is 9.93. The smallest absolute Gasteiger partial charge is 0.328 e. The number of carbonyl (C=O) groups is 3. The van der Waals surface area contributed by atoms with E-state index in [0.717, 1.165) is 57.5 Å². The number of anilines is 1. The number of benzene rings is 2. The molecule has 208 valence electrons. The number of rotatable bonds is 9. The highest BCUT2D eigenvalue weighted by Crippen LogP contribution is 2.45. The van der Waals surface area contributed by atoms with E-state index in [1.165, 1.54) is 48.1 Å². The molecule has 1 fully saturated rings. The maximum Gasteiger partial charge on any atom is 0.328 e. The van der Waals surface area contributed by atoms with Gasteiger partial charge in [-0.2, -0.15) is 0 Å². The number of hydrogen-bond acceptors (Lipinski definition) is 5. The van der Waals surface area contributed by atoms with E-state index in [1.807, 2.05) is 0 Å². The number of ketones is 1. The fourth-order valence-corrected chi connectivity index (χ4v) is 6.32. The Balaban J connectivity index is 0.000000386. The second kappa shape index (κ2) is 13.6. The fourth-order valence-electron chi connectivity index (χ4n) is 6.32. The molecule has 3 aliphatic rings. The molecule has 7 heteroatoms. The monoisotopic (exact) mass is 532 g/mol. The molecule has 39 heavy (non-hydrogen) atoms. The minimum Gasteiger partial charge on any atom is -0.478 e. The number of nitrogens with zero attached hydrogens (tertiary/aromatic N) is 2. The van der Waals surface area contributed by atoms with Gasteiger partial charge in [0.15, 0.2) is 5.78 Å². The SMILES string of the molecule is CCN1CC2CCCc3c(C(=O)CCC4CCN(Cc5ccccc5)CC4)ccc1c32.O=C(O)C=CC(=O)O. The van der Waals surface area contributed by atoms with E-state index in [4.69, 9.17) is 10.2 Å². The molecule has 0 amide bonds. The van der Waals surface area contributed by atoms with Crippen LogP contribution in [-0.4, -0.2) is 59.0 Å². The van der Waals surface area contributed by atoms with Crippen LogP contribution in [0.25, 0.3) is 0 Å². The van der Waals surface area contributed by atoms with Crippen molar-refractivity contribution in [3.05, 3.63) is 76.9 Å². The van der Waals surface area contributed by atoms with Crippen molar-refractivity contribution in [3.63, 3.8) is 0 Å². The van der Waals surface area contributed by atoms with E-state index < -0.39 is 11.9 Å². The summed E-state index contributed by atoms with van der Waals surface area (Å²) in [7, 11) is 0. The van der Waals surface area contributed by atoms with Gasteiger partial charge in [0.05, 0.1) is 0 Å². The van der Waals surface area contributed by atoms with Gasteiger partial charge in [0.25, 0.3) is 0 Å². The van der Waals surface area contributed by atoms with Gasteiger partial charge in [-0.1, -0.05) is 30.3 Å². The molecular weight excluding hydrogens is 492 g/mol. The van der Waals surface area contributed by atoms with Gasteiger partial charge in [0, 0.05) is 55.4 Å². The molecule has 2 aromatic rings. The first-order valence-corrected chi connectivity index (χ1v) is 14.2. The zero-order valence-electron chi connectivity index (χ0n) is 22.8. The largest absolute Gasteiger partial charge is 0.478 e. The molecule has 2 N–H and O–H groups in total. The van der Waals surface area contributed by atoms with Crippen LogP contribution in [0, 0.1) is 5.92 Å². The van der Waals surface area contributed by atoms with E-state index in [2.05, 4.69) is 59.2 Å². The topological polar surface area (TPSA) is 98.2 Å². The van der Waals surface area contributed by atoms with Crippen molar-refractivity contribution in [1.82, 2.24) is 4.90 Å². The minimum atomic E-state index is -1.26. The van der Waals surface area contributed by atoms with Crippen molar-refractivity contribution in [2.45, 2.75) is 64.3 Å². The first-order chi connectivity index (χ1) is 18.9. The lowest BCUT2D eigenvalue weighted by Crippen LogP contribution is -2.33. The summed E-state index contributed by atoms with van der Waals surface area (Å²) in [6.45, 7) is 7.84. The summed E-state index contributed by atoms with van der Waals surface area (Å²) in [5.74, 6) is -0.773. The first-order valence-electron chi connectivity index (χ1n) is 14.2. The predicted molar refractivity (Wildman–Crippen MR) is 152 cm³/mol. The quantitative estimate of drug-likeness (QED) is 0.324. The minimum absolute atomic E-state index is 0.389. The van der Waals surface area contributed by atoms with Crippen LogP contribution in [0.3, 0.4) is 0 Å². The number of carboxylic acid groups (broad SMARTS) is 2. The summed E-state index contributed by atoms with van der Waals surface area (Å²) in [6, 6.07) is 15.2. The Labute approximate surface area is 231 Å². The maximum atomic E-state index is 13.2. The highest BCUT2D eigenvalue weighted by atomic mass is 16.4.